The Labute approximate surface area is 139 Å². The van der Waals surface area contributed by atoms with E-state index in [9.17, 15) is 13.2 Å². The second kappa shape index (κ2) is 7.43. The molecule has 1 N–H and O–H groups in total. The van der Waals surface area contributed by atoms with Gasteiger partial charge in [-0.2, -0.15) is 0 Å². The average molecular weight is 391 g/mol. The van der Waals surface area contributed by atoms with Crippen molar-refractivity contribution in [3.8, 4) is 0 Å². The lowest BCUT2D eigenvalue weighted by Crippen LogP contribution is -2.46. The van der Waals surface area contributed by atoms with Crippen LogP contribution < -0.4 is 4.72 Å². The summed E-state index contributed by atoms with van der Waals surface area (Å²) in [6.07, 6.45) is 0.806. The van der Waals surface area contributed by atoms with Crippen molar-refractivity contribution in [3.63, 3.8) is 0 Å². The highest BCUT2D eigenvalue weighted by Crippen LogP contribution is 2.22. The van der Waals surface area contributed by atoms with E-state index in [2.05, 4.69) is 20.7 Å². The second-order valence-corrected chi connectivity index (χ2v) is 7.55. The third-order valence-corrected chi connectivity index (χ3v) is 6.00. The Hall–Kier alpha value is -1.12. The van der Waals surface area contributed by atoms with Crippen molar-refractivity contribution in [2.24, 2.45) is 0 Å². The number of benzene rings is 1. The highest BCUT2D eigenvalue weighted by atomic mass is 79.9. The van der Waals surface area contributed by atoms with E-state index < -0.39 is 10.0 Å². The Balaban J connectivity index is 1.96. The summed E-state index contributed by atoms with van der Waals surface area (Å²) in [5, 5.41) is 0. The Morgan fingerprint density at radius 2 is 2.00 bits per heavy atom. The van der Waals surface area contributed by atoms with Crippen LogP contribution >= 0.6 is 15.9 Å². The summed E-state index contributed by atoms with van der Waals surface area (Å²) in [4.78, 5) is 13.4. The molecule has 1 amide bonds. The molecular weight excluding hydrogens is 372 g/mol. The molecule has 0 unspecified atom stereocenters. The van der Waals surface area contributed by atoms with Crippen LogP contribution in [0.2, 0.25) is 0 Å². The summed E-state index contributed by atoms with van der Waals surface area (Å²) >= 11 is 3.25. The van der Waals surface area contributed by atoms with Crippen LogP contribution in [-0.4, -0.2) is 45.1 Å². The van der Waals surface area contributed by atoms with Gasteiger partial charge in [-0.3, -0.25) is 0 Å². The molecule has 22 heavy (non-hydrogen) atoms. The number of likely N-dealkylation sites (tertiary alicyclic amines) is 1. The maximum absolute atomic E-state index is 12.4. The molecule has 1 saturated heterocycles. The van der Waals surface area contributed by atoms with Crippen molar-refractivity contribution < 1.29 is 17.9 Å². The van der Waals surface area contributed by atoms with E-state index >= 15 is 0 Å². The lowest BCUT2D eigenvalue weighted by Gasteiger charge is -2.31. The quantitative estimate of drug-likeness (QED) is 0.855. The Kier molecular flexibility index (Phi) is 5.82. The van der Waals surface area contributed by atoms with E-state index in [0.717, 1.165) is 0 Å². The molecule has 1 aromatic rings. The smallest absolute Gasteiger partial charge is 0.409 e. The Morgan fingerprint density at radius 1 is 1.36 bits per heavy atom. The van der Waals surface area contributed by atoms with Gasteiger partial charge >= 0.3 is 6.09 Å². The number of hydrogen-bond acceptors (Lipinski definition) is 4. The molecule has 0 aliphatic carbocycles. The van der Waals surface area contributed by atoms with Gasteiger partial charge in [0.05, 0.1) is 11.5 Å². The Morgan fingerprint density at radius 3 is 2.59 bits per heavy atom. The molecular formula is C14H19BrN2O4S. The average Bonchev–Trinajstić information content (AvgIpc) is 2.48. The molecule has 2 rings (SSSR count). The molecule has 1 heterocycles. The topological polar surface area (TPSA) is 75.7 Å². The first-order valence-corrected chi connectivity index (χ1v) is 9.40. The molecule has 0 spiro atoms. The maximum Gasteiger partial charge on any atom is 0.409 e. The number of halogens is 1. The molecule has 122 valence electrons. The number of hydrogen-bond donors (Lipinski definition) is 1. The minimum atomic E-state index is -3.57. The molecule has 6 nitrogen and oxygen atoms in total. The standard InChI is InChI=1S/C14H19BrN2O4S/c1-2-21-14(18)17-9-7-11(8-10-17)16-22(19,20)13-6-4-3-5-12(13)15/h3-6,11,16H,2,7-10H2,1H3. The SMILES string of the molecule is CCOC(=O)N1CCC(NS(=O)(=O)c2ccccc2Br)CC1. The second-order valence-electron chi connectivity index (χ2n) is 5.01. The molecule has 1 aliphatic heterocycles. The highest BCUT2D eigenvalue weighted by molar-refractivity contribution is 9.10. The number of sulfonamides is 1. The first-order chi connectivity index (χ1) is 10.4. The van der Waals surface area contributed by atoms with Crippen LogP contribution in [0.15, 0.2) is 33.6 Å². The van der Waals surface area contributed by atoms with Crippen molar-refractivity contribution >= 4 is 32.0 Å². The van der Waals surface area contributed by atoms with Gasteiger partial charge in [-0.05, 0) is 47.8 Å². The van der Waals surface area contributed by atoms with E-state index in [1.54, 1.807) is 36.1 Å². The van der Waals surface area contributed by atoms with Crippen molar-refractivity contribution in [1.29, 1.82) is 0 Å². The normalized spacial score (nSPS) is 16.5. The molecule has 0 saturated carbocycles. The fourth-order valence-electron chi connectivity index (χ4n) is 2.34. The summed E-state index contributed by atoms with van der Waals surface area (Å²) < 4.78 is 33.0. The lowest BCUT2D eigenvalue weighted by atomic mass is 10.1. The molecule has 1 aliphatic rings. The summed E-state index contributed by atoms with van der Waals surface area (Å²) in [5.74, 6) is 0. The molecule has 1 aromatic carbocycles. The van der Waals surface area contributed by atoms with Crippen LogP contribution in [0.4, 0.5) is 4.79 Å². The molecule has 0 atom stereocenters. The van der Waals surface area contributed by atoms with Gasteiger partial charge in [0, 0.05) is 23.6 Å². The number of nitrogens with zero attached hydrogens (tertiary/aromatic N) is 1. The minimum absolute atomic E-state index is 0.178. The van der Waals surface area contributed by atoms with Gasteiger partial charge < -0.3 is 9.64 Å². The van der Waals surface area contributed by atoms with Gasteiger partial charge in [-0.1, -0.05) is 12.1 Å². The highest BCUT2D eigenvalue weighted by Gasteiger charge is 2.27. The zero-order valence-electron chi connectivity index (χ0n) is 12.3. The number of carbonyl (C=O) groups is 1. The van der Waals surface area contributed by atoms with Gasteiger partial charge in [-0.15, -0.1) is 0 Å². The monoisotopic (exact) mass is 390 g/mol. The number of nitrogens with one attached hydrogen (secondary N) is 1. The summed E-state index contributed by atoms with van der Waals surface area (Å²) in [6, 6.07) is 6.52. The minimum Gasteiger partial charge on any atom is -0.450 e. The van der Waals surface area contributed by atoms with Gasteiger partial charge in [0.1, 0.15) is 0 Å². The van der Waals surface area contributed by atoms with E-state index in [1.807, 2.05) is 0 Å². The number of piperidine rings is 1. The van der Waals surface area contributed by atoms with Crippen LogP contribution in [0.1, 0.15) is 19.8 Å². The van der Waals surface area contributed by atoms with E-state index in [-0.39, 0.29) is 17.0 Å². The number of amides is 1. The summed E-state index contributed by atoms with van der Waals surface area (Å²) in [7, 11) is -3.57. The first-order valence-electron chi connectivity index (χ1n) is 7.12. The third kappa shape index (κ3) is 4.21. The number of carbonyl (C=O) groups excluding carboxylic acids is 1. The van der Waals surface area contributed by atoms with Gasteiger partial charge in [0.2, 0.25) is 10.0 Å². The molecule has 8 heteroatoms. The molecule has 0 bridgehead atoms. The maximum atomic E-state index is 12.4. The fraction of sp³-hybridized carbons (Fsp3) is 0.500. The summed E-state index contributed by atoms with van der Waals surface area (Å²) in [5.41, 5.74) is 0. The van der Waals surface area contributed by atoms with Gasteiger partial charge in [0.25, 0.3) is 0 Å². The van der Waals surface area contributed by atoms with E-state index in [4.69, 9.17) is 4.74 Å². The number of ether oxygens (including phenoxy) is 1. The van der Waals surface area contributed by atoms with Crippen LogP contribution in [0.25, 0.3) is 0 Å². The molecule has 1 fully saturated rings. The van der Waals surface area contributed by atoms with Crippen LogP contribution in [0.5, 0.6) is 0 Å². The van der Waals surface area contributed by atoms with E-state index in [0.29, 0.717) is 37.0 Å². The van der Waals surface area contributed by atoms with Gasteiger partial charge in [-0.25, -0.2) is 17.9 Å². The van der Waals surface area contributed by atoms with E-state index in [1.165, 1.54) is 0 Å². The third-order valence-electron chi connectivity index (χ3n) is 3.47. The molecule has 0 radical (unpaired) electrons. The lowest BCUT2D eigenvalue weighted by molar-refractivity contribution is 0.0966. The van der Waals surface area contributed by atoms with Crippen molar-refractivity contribution in [2.75, 3.05) is 19.7 Å². The number of rotatable bonds is 4. The van der Waals surface area contributed by atoms with Crippen molar-refractivity contribution in [1.82, 2.24) is 9.62 Å². The predicted octanol–water partition coefficient (Wildman–Crippen LogP) is 2.35. The zero-order valence-corrected chi connectivity index (χ0v) is 14.7. The largest absolute Gasteiger partial charge is 0.450 e. The Bertz CT molecular complexity index is 627. The zero-order chi connectivity index (χ0) is 16.2. The first kappa shape index (κ1) is 17.2. The predicted molar refractivity (Wildman–Crippen MR) is 86.1 cm³/mol. The summed E-state index contributed by atoms with van der Waals surface area (Å²) in [6.45, 7) is 3.08. The van der Waals surface area contributed by atoms with Crippen molar-refractivity contribution in [2.45, 2.75) is 30.7 Å². The van der Waals surface area contributed by atoms with Crippen LogP contribution in [0.3, 0.4) is 0 Å². The van der Waals surface area contributed by atoms with Crippen LogP contribution in [-0.2, 0) is 14.8 Å². The fourth-order valence-corrected chi connectivity index (χ4v) is 4.65. The van der Waals surface area contributed by atoms with Crippen molar-refractivity contribution in [3.05, 3.63) is 28.7 Å². The van der Waals surface area contributed by atoms with Gasteiger partial charge in [0.15, 0.2) is 0 Å². The van der Waals surface area contributed by atoms with Crippen LogP contribution in [0, 0.1) is 0 Å². The molecule has 0 aromatic heterocycles.